The van der Waals surface area contributed by atoms with Gasteiger partial charge in [0, 0.05) is 11.4 Å². The van der Waals surface area contributed by atoms with Gasteiger partial charge in [-0.15, -0.1) is 0 Å². The van der Waals surface area contributed by atoms with Crippen LogP contribution in [0, 0.1) is 11.3 Å². The molecule has 68 valence electrons. The number of aliphatic hydroxyl groups is 1. The number of aliphatic hydroxyl groups excluding tert-OH is 1. The molecule has 0 amide bonds. The van der Waals surface area contributed by atoms with Gasteiger partial charge in [-0.1, -0.05) is 23.7 Å². The summed E-state index contributed by atoms with van der Waals surface area (Å²) in [7, 11) is 0. The molecule has 0 heterocycles. The molecule has 0 radical (unpaired) electrons. The highest BCUT2D eigenvalue weighted by Crippen LogP contribution is 2.19. The number of hydrogen-bond donors (Lipinski definition) is 1. The zero-order valence-corrected chi connectivity index (χ0v) is 7.83. The lowest BCUT2D eigenvalue weighted by atomic mass is 10.1. The molecule has 1 aromatic carbocycles. The molecule has 0 aliphatic carbocycles. The van der Waals surface area contributed by atoms with E-state index < -0.39 is 6.10 Å². The van der Waals surface area contributed by atoms with Crippen molar-refractivity contribution < 1.29 is 5.11 Å². The van der Waals surface area contributed by atoms with Crippen LogP contribution in [0.15, 0.2) is 24.3 Å². The smallest absolute Gasteiger partial charge is 0.0799 e. The van der Waals surface area contributed by atoms with Crippen LogP contribution in [-0.2, 0) is 0 Å². The third kappa shape index (κ3) is 3.06. The van der Waals surface area contributed by atoms with E-state index in [0.29, 0.717) is 17.9 Å². The number of benzene rings is 1. The topological polar surface area (TPSA) is 44.0 Å². The highest BCUT2D eigenvalue weighted by molar-refractivity contribution is 6.30. The van der Waals surface area contributed by atoms with Gasteiger partial charge in [0.2, 0.25) is 0 Å². The summed E-state index contributed by atoms with van der Waals surface area (Å²) in [5.74, 6) is 0. The van der Waals surface area contributed by atoms with Crippen molar-refractivity contribution in [1.29, 1.82) is 5.26 Å². The second kappa shape index (κ2) is 4.86. The number of halogens is 1. The van der Waals surface area contributed by atoms with Crippen LogP contribution in [0.5, 0.6) is 0 Å². The van der Waals surface area contributed by atoms with Gasteiger partial charge >= 0.3 is 0 Å². The molecular weight excluding hydrogens is 186 g/mol. The fraction of sp³-hybridized carbons (Fsp3) is 0.300. The van der Waals surface area contributed by atoms with E-state index in [2.05, 4.69) is 0 Å². The lowest BCUT2D eigenvalue weighted by Gasteiger charge is -2.07. The fourth-order valence-corrected chi connectivity index (χ4v) is 1.18. The Morgan fingerprint density at radius 1 is 1.38 bits per heavy atom. The molecule has 0 saturated carbocycles. The monoisotopic (exact) mass is 195 g/mol. The Labute approximate surface area is 82.4 Å². The highest BCUT2D eigenvalue weighted by atomic mass is 35.5. The van der Waals surface area contributed by atoms with Crippen molar-refractivity contribution in [2.45, 2.75) is 18.9 Å². The fourth-order valence-electron chi connectivity index (χ4n) is 1.05. The van der Waals surface area contributed by atoms with Crippen LogP contribution < -0.4 is 0 Å². The molecule has 0 bridgehead atoms. The van der Waals surface area contributed by atoms with Gasteiger partial charge < -0.3 is 5.11 Å². The van der Waals surface area contributed by atoms with Gasteiger partial charge in [0.25, 0.3) is 0 Å². The molecular formula is C10H10ClNO. The summed E-state index contributed by atoms with van der Waals surface area (Å²) in [6, 6.07) is 8.99. The maximum absolute atomic E-state index is 9.55. The van der Waals surface area contributed by atoms with Crippen molar-refractivity contribution in [3.63, 3.8) is 0 Å². The quantitative estimate of drug-likeness (QED) is 0.806. The van der Waals surface area contributed by atoms with Crippen LogP contribution in [0.25, 0.3) is 0 Å². The first-order valence-corrected chi connectivity index (χ1v) is 4.42. The van der Waals surface area contributed by atoms with Crippen molar-refractivity contribution in [3.8, 4) is 6.07 Å². The minimum atomic E-state index is -0.558. The molecule has 0 fully saturated rings. The van der Waals surface area contributed by atoms with Crippen LogP contribution in [0.2, 0.25) is 5.02 Å². The lowest BCUT2D eigenvalue weighted by Crippen LogP contribution is -1.95. The molecule has 0 aromatic heterocycles. The Kier molecular flexibility index (Phi) is 3.75. The molecule has 0 unspecified atom stereocenters. The number of nitrogens with zero attached hydrogens (tertiary/aromatic N) is 1. The van der Waals surface area contributed by atoms with E-state index in [-0.39, 0.29) is 0 Å². The zero-order chi connectivity index (χ0) is 9.68. The number of hydrogen-bond acceptors (Lipinski definition) is 2. The summed E-state index contributed by atoms with van der Waals surface area (Å²) in [4.78, 5) is 0. The molecule has 1 atom stereocenters. The summed E-state index contributed by atoms with van der Waals surface area (Å²) in [5.41, 5.74) is 0.805. The van der Waals surface area contributed by atoms with Crippen molar-refractivity contribution in [2.75, 3.05) is 0 Å². The lowest BCUT2D eigenvalue weighted by molar-refractivity contribution is 0.169. The van der Waals surface area contributed by atoms with Gasteiger partial charge in [0.05, 0.1) is 12.2 Å². The molecule has 1 N–H and O–H groups in total. The van der Waals surface area contributed by atoms with E-state index in [9.17, 15) is 5.11 Å². The van der Waals surface area contributed by atoms with E-state index in [1.807, 2.05) is 6.07 Å². The maximum atomic E-state index is 9.55. The average molecular weight is 196 g/mol. The van der Waals surface area contributed by atoms with E-state index in [4.69, 9.17) is 16.9 Å². The first kappa shape index (κ1) is 10.0. The third-order valence-corrected chi connectivity index (χ3v) is 2.04. The maximum Gasteiger partial charge on any atom is 0.0799 e. The summed E-state index contributed by atoms with van der Waals surface area (Å²) in [6.45, 7) is 0. The molecule has 3 heteroatoms. The van der Waals surface area contributed by atoms with E-state index in [1.54, 1.807) is 24.3 Å². The van der Waals surface area contributed by atoms with Gasteiger partial charge in [-0.3, -0.25) is 0 Å². The predicted molar refractivity (Wildman–Crippen MR) is 51.3 cm³/mol. The molecule has 13 heavy (non-hydrogen) atoms. The molecule has 1 aromatic rings. The van der Waals surface area contributed by atoms with Gasteiger partial charge in [-0.05, 0) is 24.1 Å². The summed E-state index contributed by atoms with van der Waals surface area (Å²) >= 11 is 5.69. The largest absolute Gasteiger partial charge is 0.388 e. The standard InChI is InChI=1S/C10H10ClNO/c11-9-5-3-8(4-6-9)10(13)2-1-7-12/h3-6,10,13H,1-2H2/t10-/m0/s1. The third-order valence-electron chi connectivity index (χ3n) is 1.78. The SMILES string of the molecule is N#CCC[C@H](O)c1ccc(Cl)cc1. The Morgan fingerprint density at radius 3 is 2.54 bits per heavy atom. The molecule has 0 aliphatic heterocycles. The number of nitriles is 1. The minimum absolute atomic E-state index is 0.365. The van der Waals surface area contributed by atoms with Crippen molar-refractivity contribution in [2.24, 2.45) is 0 Å². The van der Waals surface area contributed by atoms with Crippen molar-refractivity contribution >= 4 is 11.6 Å². The van der Waals surface area contributed by atoms with Crippen molar-refractivity contribution in [1.82, 2.24) is 0 Å². The van der Waals surface area contributed by atoms with Crippen LogP contribution in [0.1, 0.15) is 24.5 Å². The van der Waals surface area contributed by atoms with E-state index >= 15 is 0 Å². The van der Waals surface area contributed by atoms with Gasteiger partial charge in [0.1, 0.15) is 0 Å². The van der Waals surface area contributed by atoms with Crippen LogP contribution in [0.4, 0.5) is 0 Å². The number of rotatable bonds is 3. The highest BCUT2D eigenvalue weighted by Gasteiger charge is 2.05. The summed E-state index contributed by atoms with van der Waals surface area (Å²) < 4.78 is 0. The average Bonchev–Trinajstić information content (AvgIpc) is 2.15. The van der Waals surface area contributed by atoms with E-state index in [0.717, 1.165) is 5.56 Å². The first-order chi connectivity index (χ1) is 6.24. The molecule has 2 nitrogen and oxygen atoms in total. The van der Waals surface area contributed by atoms with Crippen LogP contribution in [-0.4, -0.2) is 5.11 Å². The van der Waals surface area contributed by atoms with Gasteiger partial charge in [0.15, 0.2) is 0 Å². The van der Waals surface area contributed by atoms with Crippen LogP contribution >= 0.6 is 11.6 Å². The van der Waals surface area contributed by atoms with Crippen molar-refractivity contribution in [3.05, 3.63) is 34.9 Å². The molecule has 0 spiro atoms. The summed E-state index contributed by atoms with van der Waals surface area (Å²) in [5, 5.41) is 18.5. The Hall–Kier alpha value is -1.04. The normalized spacial score (nSPS) is 12.1. The van der Waals surface area contributed by atoms with Gasteiger partial charge in [-0.25, -0.2) is 0 Å². The zero-order valence-electron chi connectivity index (χ0n) is 7.07. The second-order valence-electron chi connectivity index (χ2n) is 2.76. The second-order valence-corrected chi connectivity index (χ2v) is 3.20. The molecule has 0 saturated heterocycles. The van der Waals surface area contributed by atoms with Gasteiger partial charge in [-0.2, -0.15) is 5.26 Å². The minimum Gasteiger partial charge on any atom is -0.388 e. The van der Waals surface area contributed by atoms with Crippen LogP contribution in [0.3, 0.4) is 0 Å². The van der Waals surface area contributed by atoms with E-state index in [1.165, 1.54) is 0 Å². The molecule has 0 aliphatic rings. The first-order valence-electron chi connectivity index (χ1n) is 4.04. The summed E-state index contributed by atoms with van der Waals surface area (Å²) in [6.07, 6.45) is 0.277. The Balaban J connectivity index is 2.62. The Morgan fingerprint density at radius 2 is 2.00 bits per heavy atom. The predicted octanol–water partition coefficient (Wildman–Crippen LogP) is 2.68. The Bertz CT molecular complexity index is 302. The molecule has 1 rings (SSSR count).